The summed E-state index contributed by atoms with van der Waals surface area (Å²) in [6.45, 7) is 3.19. The van der Waals surface area contributed by atoms with Crippen molar-refractivity contribution in [2.45, 2.75) is 55.9 Å². The molecule has 0 amide bonds. The third-order valence-electron chi connectivity index (χ3n) is 9.86. The van der Waals surface area contributed by atoms with Gasteiger partial charge >= 0.3 is 6.01 Å². The quantitative estimate of drug-likeness (QED) is 0.341. The highest BCUT2D eigenvalue weighted by molar-refractivity contribution is 6.02. The average molecular weight is 586 g/mol. The van der Waals surface area contributed by atoms with Gasteiger partial charge in [-0.2, -0.15) is 9.97 Å². The Hall–Kier alpha value is -4.01. The Morgan fingerprint density at radius 1 is 1.16 bits per heavy atom. The number of phenols is 1. The number of nitrogens with zero attached hydrogens (tertiary/aromatic N) is 6. The van der Waals surface area contributed by atoms with Gasteiger partial charge in [0.25, 0.3) is 0 Å². The molecule has 0 spiro atoms. The fourth-order valence-electron chi connectivity index (χ4n) is 7.91. The molecule has 6 heterocycles. The highest BCUT2D eigenvalue weighted by atomic mass is 19.1. The summed E-state index contributed by atoms with van der Waals surface area (Å²) in [4.78, 5) is 19.2. The van der Waals surface area contributed by atoms with Crippen LogP contribution in [0.5, 0.6) is 11.8 Å². The van der Waals surface area contributed by atoms with Gasteiger partial charge in [-0.25, -0.2) is 13.8 Å². The Morgan fingerprint density at radius 3 is 2.77 bits per heavy atom. The molecule has 0 aliphatic carbocycles. The Balaban J connectivity index is 1.27. The molecule has 222 valence electrons. The lowest BCUT2D eigenvalue weighted by Crippen LogP contribution is -2.51. The summed E-state index contributed by atoms with van der Waals surface area (Å²) < 4.78 is 37.5. The SMILES string of the molecule is C#Cc1c(F)ccc2cc(O)cc(-c3nc4c(N5CC6CCC(C5)N6)nc(OC[C@@]56CCCN5C[C@H](F)C6)nc4n3C)c12. The molecule has 2 aromatic heterocycles. The molecule has 2 bridgehead atoms. The van der Waals surface area contributed by atoms with Gasteiger partial charge in [0.2, 0.25) is 0 Å². The van der Waals surface area contributed by atoms with E-state index in [-0.39, 0.29) is 22.9 Å². The first kappa shape index (κ1) is 26.6. The van der Waals surface area contributed by atoms with Crippen molar-refractivity contribution in [2.24, 2.45) is 7.05 Å². The van der Waals surface area contributed by atoms with Gasteiger partial charge in [-0.05, 0) is 55.8 Å². The van der Waals surface area contributed by atoms with Crippen LogP contribution in [0.2, 0.25) is 0 Å². The number of piperazine rings is 1. The minimum absolute atomic E-state index is 0.0150. The van der Waals surface area contributed by atoms with Gasteiger partial charge in [-0.15, -0.1) is 6.42 Å². The molecule has 4 aromatic rings. The molecule has 2 aromatic carbocycles. The molecule has 4 fully saturated rings. The van der Waals surface area contributed by atoms with Crippen molar-refractivity contribution < 1.29 is 18.6 Å². The number of hydrogen-bond acceptors (Lipinski definition) is 8. The van der Waals surface area contributed by atoms with Crippen molar-refractivity contribution in [3.63, 3.8) is 0 Å². The molecule has 11 heteroatoms. The number of terminal acetylenes is 1. The lowest BCUT2D eigenvalue weighted by Gasteiger charge is -2.34. The summed E-state index contributed by atoms with van der Waals surface area (Å²) in [6.07, 6.45) is 9.48. The second-order valence-electron chi connectivity index (χ2n) is 12.6. The first-order chi connectivity index (χ1) is 20.8. The number of nitrogens with one attached hydrogen (secondary N) is 1. The van der Waals surface area contributed by atoms with Gasteiger partial charge in [0.05, 0.1) is 11.1 Å². The Bertz CT molecular complexity index is 1810. The summed E-state index contributed by atoms with van der Waals surface area (Å²) in [5.74, 6) is 3.13. The highest BCUT2D eigenvalue weighted by Crippen LogP contribution is 2.41. The first-order valence-corrected chi connectivity index (χ1v) is 15.0. The highest BCUT2D eigenvalue weighted by Gasteiger charge is 2.49. The van der Waals surface area contributed by atoms with Crippen molar-refractivity contribution in [2.75, 3.05) is 37.7 Å². The van der Waals surface area contributed by atoms with Crippen molar-refractivity contribution >= 4 is 27.8 Å². The zero-order chi connectivity index (χ0) is 29.5. The third kappa shape index (κ3) is 4.22. The van der Waals surface area contributed by atoms with Crippen molar-refractivity contribution in [3.05, 3.63) is 35.6 Å². The molecule has 0 radical (unpaired) electrons. The van der Waals surface area contributed by atoms with Gasteiger partial charge in [0.1, 0.15) is 30.2 Å². The van der Waals surface area contributed by atoms with E-state index in [1.807, 2.05) is 11.6 Å². The van der Waals surface area contributed by atoms with Crippen molar-refractivity contribution in [3.8, 4) is 35.5 Å². The van der Waals surface area contributed by atoms with E-state index in [9.17, 15) is 13.9 Å². The molecule has 8 rings (SSSR count). The lowest BCUT2D eigenvalue weighted by molar-refractivity contribution is 0.107. The molecule has 2 unspecified atom stereocenters. The maximum absolute atomic E-state index is 14.9. The van der Waals surface area contributed by atoms with Crippen LogP contribution in [-0.4, -0.2) is 86.1 Å². The largest absolute Gasteiger partial charge is 0.508 e. The minimum atomic E-state index is -0.853. The number of alkyl halides is 1. The maximum Gasteiger partial charge on any atom is 0.320 e. The van der Waals surface area contributed by atoms with Gasteiger partial charge in [0.15, 0.2) is 17.0 Å². The Labute approximate surface area is 247 Å². The zero-order valence-corrected chi connectivity index (χ0v) is 24.0. The van der Waals surface area contributed by atoms with E-state index in [2.05, 4.69) is 21.0 Å². The number of aryl methyl sites for hydroxylation is 1. The van der Waals surface area contributed by atoms with Crippen LogP contribution in [0.1, 0.15) is 37.7 Å². The van der Waals surface area contributed by atoms with Crippen molar-refractivity contribution in [1.82, 2.24) is 29.7 Å². The molecule has 43 heavy (non-hydrogen) atoms. The van der Waals surface area contributed by atoms with Gasteiger partial charge < -0.3 is 24.6 Å². The summed E-state index contributed by atoms with van der Waals surface area (Å²) in [5.41, 5.74) is 1.41. The smallest absolute Gasteiger partial charge is 0.320 e. The second kappa shape index (κ2) is 9.76. The number of rotatable bonds is 5. The Morgan fingerprint density at radius 2 is 1.98 bits per heavy atom. The number of benzene rings is 2. The van der Waals surface area contributed by atoms with Crippen LogP contribution in [0, 0.1) is 18.2 Å². The molecule has 4 aliphatic rings. The van der Waals surface area contributed by atoms with Crippen LogP contribution in [0.3, 0.4) is 0 Å². The number of imidazole rings is 1. The van der Waals surface area contributed by atoms with E-state index in [1.54, 1.807) is 18.2 Å². The van der Waals surface area contributed by atoms with E-state index in [0.717, 1.165) is 45.3 Å². The number of phenolic OH excluding ortho intramolecular Hbond substituents is 1. The Kier molecular flexibility index (Phi) is 6.04. The number of ether oxygens (including phenoxy) is 1. The van der Waals surface area contributed by atoms with E-state index in [0.29, 0.717) is 70.8 Å². The van der Waals surface area contributed by atoms with Gasteiger partial charge in [-0.3, -0.25) is 4.90 Å². The molecule has 4 aliphatic heterocycles. The summed E-state index contributed by atoms with van der Waals surface area (Å²) >= 11 is 0. The number of fused-ring (bicyclic) bond motifs is 5. The normalized spacial score (nSPS) is 26.8. The fraction of sp³-hybridized carbons (Fsp3) is 0.469. The third-order valence-corrected chi connectivity index (χ3v) is 9.86. The molecule has 4 saturated heterocycles. The fourth-order valence-corrected chi connectivity index (χ4v) is 7.91. The molecule has 9 nitrogen and oxygen atoms in total. The van der Waals surface area contributed by atoms with Crippen LogP contribution in [0.15, 0.2) is 24.3 Å². The first-order valence-electron chi connectivity index (χ1n) is 15.0. The summed E-state index contributed by atoms with van der Waals surface area (Å²) in [5, 5.41) is 15.4. The van der Waals surface area contributed by atoms with Crippen LogP contribution in [0.25, 0.3) is 33.3 Å². The predicted octanol–water partition coefficient (Wildman–Crippen LogP) is 3.91. The van der Waals surface area contributed by atoms with E-state index < -0.39 is 12.0 Å². The lowest BCUT2D eigenvalue weighted by atomic mass is 9.95. The molecule has 2 N–H and O–H groups in total. The van der Waals surface area contributed by atoms with E-state index in [4.69, 9.17) is 26.1 Å². The minimum Gasteiger partial charge on any atom is -0.508 e. The van der Waals surface area contributed by atoms with Crippen molar-refractivity contribution in [1.29, 1.82) is 0 Å². The monoisotopic (exact) mass is 585 g/mol. The van der Waals surface area contributed by atoms with E-state index >= 15 is 0 Å². The molecule has 0 saturated carbocycles. The van der Waals surface area contributed by atoms with E-state index in [1.165, 1.54) is 6.07 Å². The summed E-state index contributed by atoms with van der Waals surface area (Å²) in [7, 11) is 1.83. The predicted molar refractivity (Wildman–Crippen MR) is 160 cm³/mol. The van der Waals surface area contributed by atoms with Crippen LogP contribution < -0.4 is 15.0 Å². The molecular formula is C32H33F2N7O2. The number of aromatic hydroxyl groups is 1. The number of hydrogen-bond donors (Lipinski definition) is 2. The second-order valence-corrected chi connectivity index (χ2v) is 12.6. The number of halogens is 2. The summed E-state index contributed by atoms with van der Waals surface area (Å²) in [6, 6.07) is 6.97. The van der Waals surface area contributed by atoms with Crippen LogP contribution in [-0.2, 0) is 7.05 Å². The molecular weight excluding hydrogens is 552 g/mol. The average Bonchev–Trinajstić information content (AvgIpc) is 3.72. The van der Waals surface area contributed by atoms with Gasteiger partial charge in [-0.1, -0.05) is 12.0 Å². The maximum atomic E-state index is 14.9. The topological polar surface area (TPSA) is 91.6 Å². The van der Waals surface area contributed by atoms with Crippen LogP contribution in [0.4, 0.5) is 14.6 Å². The number of aromatic nitrogens is 4. The van der Waals surface area contributed by atoms with Crippen LogP contribution >= 0.6 is 0 Å². The molecule has 4 atom stereocenters. The zero-order valence-electron chi connectivity index (χ0n) is 24.0. The standard InChI is InChI=1S/C32H33F2N7O2/c1-3-23-25(34)8-5-18-11-22(42)12-24(26(18)23)28-36-27-29(39(28)2)37-31(38-30(27)40-15-20-6-7-21(16-40)35-20)43-17-32-9-4-10-41(32)14-19(33)13-32/h1,5,8,11-12,19-21,35,42H,4,6-7,9-10,13-17H2,2H3/t19-,20?,21?,32+/m1/s1. The number of anilines is 1. The van der Waals surface area contributed by atoms with Gasteiger partial charge in [0, 0.05) is 56.1 Å².